The van der Waals surface area contributed by atoms with Crippen LogP contribution in [0.1, 0.15) is 27.4 Å². The maximum atomic E-state index is 13.3. The van der Waals surface area contributed by atoms with E-state index in [1.54, 1.807) is 36.3 Å². The van der Waals surface area contributed by atoms with E-state index in [-0.39, 0.29) is 12.5 Å². The van der Waals surface area contributed by atoms with Gasteiger partial charge in [0.05, 0.1) is 24.2 Å². The van der Waals surface area contributed by atoms with E-state index in [9.17, 15) is 4.79 Å². The summed E-state index contributed by atoms with van der Waals surface area (Å²) in [5.41, 5.74) is 3.98. The van der Waals surface area contributed by atoms with Gasteiger partial charge in [-0.25, -0.2) is 4.98 Å². The molecule has 0 saturated heterocycles. The number of aromatic nitrogens is 1. The van der Waals surface area contributed by atoms with Crippen LogP contribution in [0, 0.1) is 6.92 Å². The van der Waals surface area contributed by atoms with Gasteiger partial charge in [-0.3, -0.25) is 4.79 Å². The van der Waals surface area contributed by atoms with Crippen LogP contribution in [0.2, 0.25) is 5.02 Å². The SMILES string of the molecule is COc1ccc(CN(Cc2nc3cc(C)ccc3o2)C(=O)c2ccccc2Cl)cc1. The summed E-state index contributed by atoms with van der Waals surface area (Å²) in [4.78, 5) is 19.6. The minimum absolute atomic E-state index is 0.185. The van der Waals surface area contributed by atoms with Crippen LogP contribution in [0.4, 0.5) is 0 Å². The molecule has 0 unspecified atom stereocenters. The average Bonchev–Trinajstić information content (AvgIpc) is 3.15. The van der Waals surface area contributed by atoms with Gasteiger partial charge in [0.2, 0.25) is 5.89 Å². The number of carbonyl (C=O) groups excluding carboxylic acids is 1. The molecule has 4 aromatic rings. The molecule has 6 heteroatoms. The quantitative estimate of drug-likeness (QED) is 0.405. The zero-order chi connectivity index (χ0) is 21.1. The molecule has 0 radical (unpaired) electrons. The van der Waals surface area contributed by atoms with Crippen LogP contribution in [-0.4, -0.2) is 22.9 Å². The van der Waals surface area contributed by atoms with E-state index in [2.05, 4.69) is 4.98 Å². The number of halogens is 1. The van der Waals surface area contributed by atoms with Gasteiger partial charge in [-0.15, -0.1) is 0 Å². The van der Waals surface area contributed by atoms with Gasteiger partial charge >= 0.3 is 0 Å². The summed E-state index contributed by atoms with van der Waals surface area (Å²) >= 11 is 6.29. The van der Waals surface area contributed by atoms with Crippen molar-refractivity contribution in [3.05, 3.63) is 94.3 Å². The summed E-state index contributed by atoms with van der Waals surface area (Å²) < 4.78 is 11.1. The molecule has 0 bridgehead atoms. The van der Waals surface area contributed by atoms with Crippen molar-refractivity contribution < 1.29 is 13.9 Å². The van der Waals surface area contributed by atoms with Crippen LogP contribution in [0.15, 0.2) is 71.1 Å². The van der Waals surface area contributed by atoms with Gasteiger partial charge in [0.25, 0.3) is 5.91 Å². The number of rotatable bonds is 6. The highest BCUT2D eigenvalue weighted by molar-refractivity contribution is 6.33. The lowest BCUT2D eigenvalue weighted by Crippen LogP contribution is -2.30. The van der Waals surface area contributed by atoms with Gasteiger partial charge in [-0.05, 0) is 54.4 Å². The van der Waals surface area contributed by atoms with Crippen molar-refractivity contribution in [3.8, 4) is 5.75 Å². The Hall–Kier alpha value is -3.31. The first-order chi connectivity index (χ1) is 14.5. The average molecular weight is 421 g/mol. The second kappa shape index (κ2) is 8.59. The third-order valence-corrected chi connectivity index (χ3v) is 5.17. The normalized spacial score (nSPS) is 10.9. The highest BCUT2D eigenvalue weighted by Crippen LogP contribution is 2.23. The molecule has 0 fully saturated rings. The molecule has 0 aliphatic heterocycles. The lowest BCUT2D eigenvalue weighted by Gasteiger charge is -2.22. The van der Waals surface area contributed by atoms with Crippen LogP contribution in [0.25, 0.3) is 11.1 Å². The fraction of sp³-hybridized carbons (Fsp3) is 0.167. The Morgan fingerprint density at radius 1 is 1.07 bits per heavy atom. The number of carbonyl (C=O) groups is 1. The number of hydrogen-bond acceptors (Lipinski definition) is 4. The summed E-state index contributed by atoms with van der Waals surface area (Å²) in [7, 11) is 1.62. The van der Waals surface area contributed by atoms with E-state index in [4.69, 9.17) is 20.8 Å². The molecule has 30 heavy (non-hydrogen) atoms. The van der Waals surface area contributed by atoms with Crippen molar-refractivity contribution >= 4 is 28.6 Å². The van der Waals surface area contributed by atoms with Crippen molar-refractivity contribution in [1.29, 1.82) is 0 Å². The first-order valence-electron chi connectivity index (χ1n) is 9.56. The van der Waals surface area contributed by atoms with Crippen molar-refractivity contribution in [2.24, 2.45) is 0 Å². The molecule has 1 heterocycles. The molecule has 0 atom stereocenters. The predicted molar refractivity (Wildman–Crippen MR) is 117 cm³/mol. The Morgan fingerprint density at radius 2 is 1.83 bits per heavy atom. The van der Waals surface area contributed by atoms with Gasteiger partial charge in [-0.2, -0.15) is 0 Å². The molecule has 4 rings (SSSR count). The lowest BCUT2D eigenvalue weighted by atomic mass is 10.1. The molecule has 1 amide bonds. The fourth-order valence-corrected chi connectivity index (χ4v) is 3.49. The second-order valence-corrected chi connectivity index (χ2v) is 7.48. The van der Waals surface area contributed by atoms with Gasteiger partial charge in [-0.1, -0.05) is 41.9 Å². The molecule has 0 aliphatic rings. The first-order valence-corrected chi connectivity index (χ1v) is 9.94. The fourth-order valence-electron chi connectivity index (χ4n) is 3.27. The van der Waals surface area contributed by atoms with Gasteiger partial charge in [0.15, 0.2) is 5.58 Å². The van der Waals surface area contributed by atoms with Crippen LogP contribution in [-0.2, 0) is 13.1 Å². The zero-order valence-electron chi connectivity index (χ0n) is 16.8. The number of methoxy groups -OCH3 is 1. The number of oxazole rings is 1. The van der Waals surface area contributed by atoms with Crippen molar-refractivity contribution in [1.82, 2.24) is 9.88 Å². The number of nitrogens with zero attached hydrogens (tertiary/aromatic N) is 2. The van der Waals surface area contributed by atoms with Gasteiger partial charge < -0.3 is 14.1 Å². The summed E-state index contributed by atoms with van der Waals surface area (Å²) in [6, 6.07) is 20.5. The Balaban J connectivity index is 1.66. The monoisotopic (exact) mass is 420 g/mol. The standard InChI is InChI=1S/C24H21ClN2O3/c1-16-7-12-22-21(13-16)26-23(30-22)15-27(14-17-8-10-18(29-2)11-9-17)24(28)19-5-3-4-6-20(19)25/h3-13H,14-15H2,1-2H3. The second-order valence-electron chi connectivity index (χ2n) is 7.07. The number of amides is 1. The molecular weight excluding hydrogens is 400 g/mol. The molecule has 0 N–H and O–H groups in total. The third kappa shape index (κ3) is 4.31. The number of hydrogen-bond donors (Lipinski definition) is 0. The van der Waals surface area contributed by atoms with E-state index >= 15 is 0 Å². The summed E-state index contributed by atoms with van der Waals surface area (Å²) in [5, 5.41) is 0.412. The molecular formula is C24H21ClN2O3. The van der Waals surface area contributed by atoms with Crippen LogP contribution in [0.3, 0.4) is 0 Å². The first kappa shape index (κ1) is 20.0. The Bertz CT molecular complexity index is 1180. The molecule has 3 aromatic carbocycles. The topological polar surface area (TPSA) is 55.6 Å². The van der Waals surface area contributed by atoms with E-state index < -0.39 is 0 Å². The number of fused-ring (bicyclic) bond motifs is 1. The molecule has 0 spiro atoms. The Labute approximate surface area is 179 Å². The van der Waals surface area contributed by atoms with Crippen molar-refractivity contribution in [2.45, 2.75) is 20.0 Å². The minimum Gasteiger partial charge on any atom is -0.497 e. The summed E-state index contributed by atoms with van der Waals surface area (Å²) in [6.07, 6.45) is 0. The van der Waals surface area contributed by atoms with Crippen molar-refractivity contribution in [3.63, 3.8) is 0 Å². The number of benzene rings is 3. The van der Waals surface area contributed by atoms with E-state index in [0.29, 0.717) is 28.6 Å². The Morgan fingerprint density at radius 3 is 2.57 bits per heavy atom. The molecule has 0 aliphatic carbocycles. The maximum Gasteiger partial charge on any atom is 0.256 e. The molecule has 5 nitrogen and oxygen atoms in total. The van der Waals surface area contributed by atoms with E-state index in [0.717, 1.165) is 22.4 Å². The summed E-state index contributed by atoms with van der Waals surface area (Å²) in [5.74, 6) is 1.05. The third-order valence-electron chi connectivity index (χ3n) is 4.84. The van der Waals surface area contributed by atoms with E-state index in [1.807, 2.05) is 49.4 Å². The van der Waals surface area contributed by atoms with E-state index in [1.165, 1.54) is 0 Å². The van der Waals surface area contributed by atoms with Gasteiger partial charge in [0.1, 0.15) is 11.3 Å². The van der Waals surface area contributed by atoms with Crippen LogP contribution < -0.4 is 4.74 Å². The number of aryl methyl sites for hydroxylation is 1. The molecule has 0 saturated carbocycles. The van der Waals surface area contributed by atoms with Crippen LogP contribution in [0.5, 0.6) is 5.75 Å². The largest absolute Gasteiger partial charge is 0.497 e. The Kier molecular flexibility index (Phi) is 5.72. The highest BCUT2D eigenvalue weighted by Gasteiger charge is 2.21. The maximum absolute atomic E-state index is 13.3. The predicted octanol–water partition coefficient (Wildman–Crippen LogP) is 5.64. The summed E-state index contributed by atoms with van der Waals surface area (Å²) in [6.45, 7) is 2.61. The highest BCUT2D eigenvalue weighted by atomic mass is 35.5. The lowest BCUT2D eigenvalue weighted by molar-refractivity contribution is 0.0715. The smallest absolute Gasteiger partial charge is 0.256 e. The van der Waals surface area contributed by atoms with Gasteiger partial charge in [0, 0.05) is 6.54 Å². The van der Waals surface area contributed by atoms with Crippen LogP contribution >= 0.6 is 11.6 Å². The molecule has 152 valence electrons. The molecule has 1 aromatic heterocycles. The minimum atomic E-state index is -0.185. The zero-order valence-corrected chi connectivity index (χ0v) is 17.5. The van der Waals surface area contributed by atoms with Crippen molar-refractivity contribution in [2.75, 3.05) is 7.11 Å². The number of ether oxygens (including phenoxy) is 1.